The quantitative estimate of drug-likeness (QED) is 0.279. The first-order chi connectivity index (χ1) is 17.2. The van der Waals surface area contributed by atoms with Crippen molar-refractivity contribution in [1.29, 1.82) is 0 Å². The number of benzene rings is 2. The van der Waals surface area contributed by atoms with Crippen LogP contribution in [0.25, 0.3) is 0 Å². The molecule has 0 spiro atoms. The number of guanidine groups is 1. The second-order valence-corrected chi connectivity index (χ2v) is 8.45. The lowest BCUT2D eigenvalue weighted by molar-refractivity contribution is 0.0526. The van der Waals surface area contributed by atoms with Gasteiger partial charge in [-0.2, -0.15) is 5.10 Å². The second-order valence-electron chi connectivity index (χ2n) is 8.45. The Morgan fingerprint density at radius 1 is 1.06 bits per heavy atom. The monoisotopic (exact) mass is 490 g/mol. The molecule has 36 heavy (non-hydrogen) atoms. The van der Waals surface area contributed by atoms with Gasteiger partial charge in [0.15, 0.2) is 0 Å². The summed E-state index contributed by atoms with van der Waals surface area (Å²) in [7, 11) is 3.85. The summed E-state index contributed by atoms with van der Waals surface area (Å²) in [5.41, 5.74) is 5.51. The van der Waals surface area contributed by atoms with Gasteiger partial charge in [0.05, 0.1) is 24.4 Å². The van der Waals surface area contributed by atoms with Crippen LogP contribution in [0.4, 0.5) is 11.4 Å². The maximum atomic E-state index is 13.1. The first-order valence-electron chi connectivity index (χ1n) is 11.9. The minimum absolute atomic E-state index is 0.286. The molecule has 1 aromatic heterocycles. The van der Waals surface area contributed by atoms with Crippen LogP contribution < -0.4 is 15.5 Å². The number of esters is 1. The number of hydrogen-bond donors (Lipinski definition) is 2. The summed E-state index contributed by atoms with van der Waals surface area (Å²) in [5.74, 6) is -0.376. The van der Waals surface area contributed by atoms with Crippen molar-refractivity contribution in [2.24, 2.45) is 4.99 Å². The van der Waals surface area contributed by atoms with Crippen molar-refractivity contribution < 1.29 is 14.3 Å². The summed E-state index contributed by atoms with van der Waals surface area (Å²) < 4.78 is 6.98. The summed E-state index contributed by atoms with van der Waals surface area (Å²) in [6.45, 7) is 9.20. The molecule has 1 amide bonds. The molecule has 2 aromatic carbocycles. The van der Waals surface area contributed by atoms with Gasteiger partial charge >= 0.3 is 5.97 Å². The van der Waals surface area contributed by atoms with E-state index >= 15 is 0 Å². The molecule has 3 aromatic rings. The molecule has 0 unspecified atom stereocenters. The van der Waals surface area contributed by atoms with E-state index in [0.29, 0.717) is 35.9 Å². The Bertz CT molecular complexity index is 1240. The van der Waals surface area contributed by atoms with Crippen LogP contribution in [0.1, 0.15) is 51.5 Å². The van der Waals surface area contributed by atoms with E-state index in [0.717, 1.165) is 29.2 Å². The maximum Gasteiger partial charge on any atom is 0.338 e. The number of aromatic nitrogens is 2. The van der Waals surface area contributed by atoms with Gasteiger partial charge in [0, 0.05) is 48.8 Å². The third-order valence-corrected chi connectivity index (χ3v) is 5.74. The van der Waals surface area contributed by atoms with Crippen LogP contribution in [0.2, 0.25) is 0 Å². The summed E-state index contributed by atoms with van der Waals surface area (Å²) in [6, 6.07) is 14.2. The molecule has 0 aliphatic carbocycles. The topological polar surface area (TPSA) is 101 Å². The molecule has 9 heteroatoms. The van der Waals surface area contributed by atoms with Crippen LogP contribution in [0.15, 0.2) is 53.5 Å². The smallest absolute Gasteiger partial charge is 0.338 e. The third-order valence-electron chi connectivity index (χ3n) is 5.74. The zero-order valence-electron chi connectivity index (χ0n) is 21.8. The number of hydrogen-bond acceptors (Lipinski definition) is 6. The van der Waals surface area contributed by atoms with Gasteiger partial charge in [-0.1, -0.05) is 6.07 Å². The Hall–Kier alpha value is -4.14. The Balaban J connectivity index is 1.87. The molecule has 0 aliphatic rings. The fourth-order valence-electron chi connectivity index (χ4n) is 3.68. The average Bonchev–Trinajstić information content (AvgIpc) is 3.15. The lowest BCUT2D eigenvalue weighted by atomic mass is 10.2. The van der Waals surface area contributed by atoms with Gasteiger partial charge in [-0.3, -0.25) is 14.8 Å². The van der Waals surface area contributed by atoms with Crippen LogP contribution in [0.3, 0.4) is 0 Å². The second kappa shape index (κ2) is 12.0. The first-order valence-corrected chi connectivity index (χ1v) is 11.9. The van der Waals surface area contributed by atoms with Crippen molar-refractivity contribution >= 4 is 29.2 Å². The average molecular weight is 491 g/mol. The fourth-order valence-corrected chi connectivity index (χ4v) is 3.68. The van der Waals surface area contributed by atoms with Gasteiger partial charge in [0.2, 0.25) is 5.96 Å². The minimum Gasteiger partial charge on any atom is -0.462 e. The third kappa shape index (κ3) is 6.50. The highest BCUT2D eigenvalue weighted by atomic mass is 16.5. The van der Waals surface area contributed by atoms with Crippen molar-refractivity contribution in [1.82, 2.24) is 15.1 Å². The lowest BCUT2D eigenvalue weighted by Crippen LogP contribution is -2.36. The molecular formula is C27H34N6O3. The molecule has 190 valence electrons. The van der Waals surface area contributed by atoms with E-state index in [2.05, 4.69) is 20.7 Å². The number of anilines is 2. The number of ether oxygens (including phenoxy) is 1. The molecule has 9 nitrogen and oxygen atoms in total. The van der Waals surface area contributed by atoms with E-state index < -0.39 is 0 Å². The molecule has 2 N–H and O–H groups in total. The van der Waals surface area contributed by atoms with Gasteiger partial charge in [-0.05, 0) is 70.2 Å². The van der Waals surface area contributed by atoms with Crippen molar-refractivity contribution in [3.63, 3.8) is 0 Å². The molecule has 0 saturated carbocycles. The summed E-state index contributed by atoms with van der Waals surface area (Å²) in [6.07, 6.45) is 0. The number of rotatable bonds is 8. The SMILES string of the molecule is CCOC(=O)c1ccc(NC(=NCc2c(C)nn(CC)c2C)NC(=O)c2cccc(N(C)C)c2)cc1. The van der Waals surface area contributed by atoms with Gasteiger partial charge in [-0.25, -0.2) is 9.79 Å². The largest absolute Gasteiger partial charge is 0.462 e. The number of nitrogens with zero attached hydrogens (tertiary/aromatic N) is 4. The number of amides is 1. The zero-order chi connectivity index (χ0) is 26.2. The number of carbonyl (C=O) groups is 2. The van der Waals surface area contributed by atoms with Crippen molar-refractivity contribution in [3.05, 3.63) is 76.6 Å². The summed E-state index contributed by atoms with van der Waals surface area (Å²) >= 11 is 0. The predicted octanol–water partition coefficient (Wildman–Crippen LogP) is 4.16. The number of aryl methyl sites for hydroxylation is 2. The zero-order valence-corrected chi connectivity index (χ0v) is 21.8. The van der Waals surface area contributed by atoms with E-state index in [-0.39, 0.29) is 11.9 Å². The van der Waals surface area contributed by atoms with Crippen LogP contribution in [0, 0.1) is 13.8 Å². The highest BCUT2D eigenvalue weighted by Gasteiger charge is 2.14. The van der Waals surface area contributed by atoms with Gasteiger partial charge < -0.3 is 15.0 Å². The Kier molecular flexibility index (Phi) is 8.83. The Morgan fingerprint density at radius 3 is 2.39 bits per heavy atom. The van der Waals surface area contributed by atoms with Crippen LogP contribution in [-0.2, 0) is 17.8 Å². The van der Waals surface area contributed by atoms with Gasteiger partial charge in [0.1, 0.15) is 0 Å². The Labute approximate surface area is 212 Å². The molecule has 0 aliphatic heterocycles. The number of aliphatic imine (C=N–C) groups is 1. The van der Waals surface area contributed by atoms with E-state index in [1.165, 1.54) is 0 Å². The van der Waals surface area contributed by atoms with E-state index in [1.807, 2.05) is 62.6 Å². The predicted molar refractivity (Wildman–Crippen MR) is 143 cm³/mol. The first kappa shape index (κ1) is 26.5. The number of nitrogens with one attached hydrogen (secondary N) is 2. The van der Waals surface area contributed by atoms with E-state index in [9.17, 15) is 9.59 Å². The lowest BCUT2D eigenvalue weighted by Gasteiger charge is -2.15. The van der Waals surface area contributed by atoms with Gasteiger partial charge in [-0.15, -0.1) is 0 Å². The normalized spacial score (nSPS) is 11.2. The van der Waals surface area contributed by atoms with Crippen molar-refractivity contribution in [2.75, 3.05) is 30.9 Å². The minimum atomic E-state index is -0.383. The van der Waals surface area contributed by atoms with Crippen molar-refractivity contribution in [3.8, 4) is 0 Å². The van der Waals surface area contributed by atoms with Crippen LogP contribution in [-0.4, -0.2) is 48.3 Å². The highest BCUT2D eigenvalue weighted by Crippen LogP contribution is 2.16. The van der Waals surface area contributed by atoms with Gasteiger partial charge in [0.25, 0.3) is 5.91 Å². The van der Waals surface area contributed by atoms with Crippen LogP contribution >= 0.6 is 0 Å². The van der Waals surface area contributed by atoms with E-state index in [4.69, 9.17) is 4.74 Å². The maximum absolute atomic E-state index is 13.1. The molecule has 1 heterocycles. The standard InChI is InChI=1S/C27H34N6O3/c1-7-33-19(4)24(18(3)31-33)17-28-27(29-22-14-12-20(13-15-22)26(35)36-8-2)30-25(34)21-10-9-11-23(16-21)32(5)6/h9-16H,7-8,17H2,1-6H3,(H2,28,29,30,34). The number of carbonyl (C=O) groups excluding carboxylic acids is 2. The van der Waals surface area contributed by atoms with Crippen LogP contribution in [0.5, 0.6) is 0 Å². The Morgan fingerprint density at radius 2 is 1.78 bits per heavy atom. The molecule has 3 rings (SSSR count). The van der Waals surface area contributed by atoms with E-state index in [1.54, 1.807) is 37.3 Å². The van der Waals surface area contributed by atoms with Crippen molar-refractivity contribution in [2.45, 2.75) is 40.8 Å². The molecule has 0 radical (unpaired) electrons. The summed E-state index contributed by atoms with van der Waals surface area (Å²) in [4.78, 5) is 31.7. The molecule has 0 bridgehead atoms. The molecule has 0 saturated heterocycles. The molecular weight excluding hydrogens is 456 g/mol. The molecule has 0 fully saturated rings. The summed E-state index contributed by atoms with van der Waals surface area (Å²) in [5, 5.41) is 10.6. The highest BCUT2D eigenvalue weighted by molar-refractivity contribution is 6.10. The molecule has 0 atom stereocenters. The fraction of sp³-hybridized carbons (Fsp3) is 0.333.